The summed E-state index contributed by atoms with van der Waals surface area (Å²) < 4.78 is 1.68. The Morgan fingerprint density at radius 3 is 3.00 bits per heavy atom. The Labute approximate surface area is 76.9 Å². The lowest BCUT2D eigenvalue weighted by atomic mass is 10.5. The van der Waals surface area contributed by atoms with Crippen molar-refractivity contribution in [3.05, 3.63) is 37.8 Å². The molecule has 0 radical (unpaired) electrons. The van der Waals surface area contributed by atoms with Crippen LogP contribution in [-0.2, 0) is 6.54 Å². The van der Waals surface area contributed by atoms with Gasteiger partial charge in [-0.15, -0.1) is 11.3 Å². The molecule has 0 spiro atoms. The van der Waals surface area contributed by atoms with Crippen molar-refractivity contribution in [2.24, 2.45) is 0 Å². The van der Waals surface area contributed by atoms with Gasteiger partial charge in [0.25, 0.3) is 0 Å². The quantitative estimate of drug-likeness (QED) is 0.731. The SMILES string of the molecule is O=c1sccn1Cc1cncs1. The Bertz CT molecular complexity index is 401. The number of hydrogen-bond acceptors (Lipinski definition) is 4. The van der Waals surface area contributed by atoms with Gasteiger partial charge in [-0.25, -0.2) is 0 Å². The second-order valence-electron chi connectivity index (χ2n) is 2.26. The maximum absolute atomic E-state index is 11.1. The van der Waals surface area contributed by atoms with Gasteiger partial charge in [-0.3, -0.25) is 9.78 Å². The van der Waals surface area contributed by atoms with Crippen LogP contribution in [0.3, 0.4) is 0 Å². The van der Waals surface area contributed by atoms with Crippen molar-refractivity contribution in [1.82, 2.24) is 9.55 Å². The number of rotatable bonds is 2. The summed E-state index contributed by atoms with van der Waals surface area (Å²) in [4.78, 5) is 16.2. The molecule has 0 atom stereocenters. The zero-order valence-electron chi connectivity index (χ0n) is 6.14. The van der Waals surface area contributed by atoms with Crippen molar-refractivity contribution >= 4 is 22.7 Å². The zero-order chi connectivity index (χ0) is 8.39. The molecule has 0 aromatic carbocycles. The summed E-state index contributed by atoms with van der Waals surface area (Å²) in [5.74, 6) is 0. The minimum Gasteiger partial charge on any atom is -0.301 e. The summed E-state index contributed by atoms with van der Waals surface area (Å²) in [5.41, 5.74) is 1.77. The topological polar surface area (TPSA) is 34.9 Å². The lowest BCUT2D eigenvalue weighted by molar-refractivity contribution is 0.794. The monoisotopic (exact) mass is 198 g/mol. The third-order valence-electron chi connectivity index (χ3n) is 1.45. The second kappa shape index (κ2) is 3.20. The first-order valence-corrected chi connectivity index (χ1v) is 5.13. The van der Waals surface area contributed by atoms with Crippen LogP contribution in [-0.4, -0.2) is 9.55 Å². The predicted octanol–water partition coefficient (Wildman–Crippen LogP) is 1.41. The van der Waals surface area contributed by atoms with Crippen molar-refractivity contribution < 1.29 is 0 Å². The summed E-state index contributed by atoms with van der Waals surface area (Å²) in [6, 6.07) is 0. The molecule has 0 aliphatic rings. The molecule has 12 heavy (non-hydrogen) atoms. The van der Waals surface area contributed by atoms with Crippen LogP contribution in [0.5, 0.6) is 0 Å². The Morgan fingerprint density at radius 2 is 2.42 bits per heavy atom. The third kappa shape index (κ3) is 1.46. The van der Waals surface area contributed by atoms with E-state index in [9.17, 15) is 4.79 Å². The van der Waals surface area contributed by atoms with Gasteiger partial charge in [0, 0.05) is 22.7 Å². The zero-order valence-corrected chi connectivity index (χ0v) is 7.77. The average Bonchev–Trinajstić information content (AvgIpc) is 2.65. The van der Waals surface area contributed by atoms with Crippen LogP contribution in [0.15, 0.2) is 28.1 Å². The highest BCUT2D eigenvalue weighted by Crippen LogP contribution is 2.06. The third-order valence-corrected chi connectivity index (χ3v) is 2.91. The number of nitrogens with zero attached hydrogens (tertiary/aromatic N) is 2. The van der Waals surface area contributed by atoms with Gasteiger partial charge in [0.15, 0.2) is 0 Å². The fourth-order valence-electron chi connectivity index (χ4n) is 0.896. The van der Waals surface area contributed by atoms with Crippen molar-refractivity contribution in [3.63, 3.8) is 0 Å². The molecule has 2 aromatic rings. The van der Waals surface area contributed by atoms with Crippen LogP contribution in [0.2, 0.25) is 0 Å². The second-order valence-corrected chi connectivity index (χ2v) is 4.09. The van der Waals surface area contributed by atoms with Gasteiger partial charge in [-0.1, -0.05) is 11.3 Å². The van der Waals surface area contributed by atoms with Crippen LogP contribution < -0.4 is 4.87 Å². The van der Waals surface area contributed by atoms with E-state index in [0.29, 0.717) is 6.54 Å². The molecule has 2 aromatic heterocycles. The summed E-state index contributed by atoms with van der Waals surface area (Å²) in [7, 11) is 0. The van der Waals surface area contributed by atoms with E-state index in [1.165, 1.54) is 11.3 Å². The van der Waals surface area contributed by atoms with E-state index in [1.54, 1.807) is 39.2 Å². The lowest BCUT2D eigenvalue weighted by Gasteiger charge is -1.94. The molecule has 3 nitrogen and oxygen atoms in total. The van der Waals surface area contributed by atoms with Crippen molar-refractivity contribution in [3.8, 4) is 0 Å². The predicted molar refractivity (Wildman–Crippen MR) is 49.8 cm³/mol. The molecule has 0 N–H and O–H groups in total. The van der Waals surface area contributed by atoms with E-state index < -0.39 is 0 Å². The molecule has 2 rings (SSSR count). The molecule has 0 saturated heterocycles. The highest BCUT2D eigenvalue weighted by atomic mass is 32.1. The number of hydrogen-bond donors (Lipinski definition) is 0. The summed E-state index contributed by atoms with van der Waals surface area (Å²) in [6.07, 6.45) is 3.58. The smallest absolute Gasteiger partial charge is 0.301 e. The fraction of sp³-hybridized carbons (Fsp3) is 0.143. The normalized spacial score (nSPS) is 10.3. The summed E-state index contributed by atoms with van der Waals surface area (Å²) >= 11 is 2.78. The standard InChI is InChI=1S/C7H6N2OS2/c10-7-9(1-2-11-7)4-6-3-8-5-12-6/h1-3,5H,4H2. The minimum atomic E-state index is 0.0865. The van der Waals surface area contributed by atoms with E-state index in [4.69, 9.17) is 0 Å². The Balaban J connectivity index is 2.25. The van der Waals surface area contributed by atoms with Gasteiger partial charge in [0.1, 0.15) is 0 Å². The highest BCUT2D eigenvalue weighted by molar-refractivity contribution is 7.09. The van der Waals surface area contributed by atoms with Crippen LogP contribution in [0.4, 0.5) is 0 Å². The van der Waals surface area contributed by atoms with Crippen molar-refractivity contribution in [2.75, 3.05) is 0 Å². The average molecular weight is 198 g/mol. The molecule has 0 saturated carbocycles. The molecular formula is C7H6N2OS2. The highest BCUT2D eigenvalue weighted by Gasteiger charge is 1.98. The van der Waals surface area contributed by atoms with Crippen LogP contribution in [0.25, 0.3) is 0 Å². The molecule has 2 heterocycles. The summed E-state index contributed by atoms with van der Waals surface area (Å²) in [6.45, 7) is 0.646. The molecule has 0 amide bonds. The maximum atomic E-state index is 11.1. The molecule has 62 valence electrons. The van der Waals surface area contributed by atoms with Gasteiger partial charge >= 0.3 is 4.87 Å². The maximum Gasteiger partial charge on any atom is 0.307 e. The molecule has 0 fully saturated rings. The van der Waals surface area contributed by atoms with E-state index in [-0.39, 0.29) is 4.87 Å². The first-order valence-electron chi connectivity index (χ1n) is 3.37. The number of aromatic nitrogens is 2. The lowest BCUT2D eigenvalue weighted by Crippen LogP contribution is -2.11. The van der Waals surface area contributed by atoms with E-state index in [1.807, 2.05) is 0 Å². The summed E-state index contributed by atoms with van der Waals surface area (Å²) in [5, 5.41) is 1.80. The van der Waals surface area contributed by atoms with Gasteiger partial charge in [-0.2, -0.15) is 0 Å². The Hall–Kier alpha value is -0.940. The van der Waals surface area contributed by atoms with Crippen LogP contribution in [0, 0.1) is 0 Å². The van der Waals surface area contributed by atoms with Crippen LogP contribution >= 0.6 is 22.7 Å². The molecule has 0 aliphatic carbocycles. The molecule has 0 bridgehead atoms. The Morgan fingerprint density at radius 1 is 1.50 bits per heavy atom. The Kier molecular flexibility index (Phi) is 2.05. The first kappa shape index (κ1) is 7.70. The van der Waals surface area contributed by atoms with Gasteiger partial charge in [-0.05, 0) is 0 Å². The van der Waals surface area contributed by atoms with Crippen molar-refractivity contribution in [1.29, 1.82) is 0 Å². The van der Waals surface area contributed by atoms with Gasteiger partial charge < -0.3 is 4.57 Å². The van der Waals surface area contributed by atoms with E-state index in [2.05, 4.69) is 4.98 Å². The molecular weight excluding hydrogens is 192 g/mol. The molecule has 5 heteroatoms. The van der Waals surface area contributed by atoms with Gasteiger partial charge in [0.05, 0.1) is 12.1 Å². The van der Waals surface area contributed by atoms with Crippen molar-refractivity contribution in [2.45, 2.75) is 6.54 Å². The van der Waals surface area contributed by atoms with Gasteiger partial charge in [0.2, 0.25) is 0 Å². The largest absolute Gasteiger partial charge is 0.307 e. The van der Waals surface area contributed by atoms with Crippen LogP contribution in [0.1, 0.15) is 4.88 Å². The molecule has 0 aliphatic heterocycles. The van der Waals surface area contributed by atoms with E-state index >= 15 is 0 Å². The fourth-order valence-corrected chi connectivity index (χ4v) is 2.07. The minimum absolute atomic E-state index is 0.0865. The van der Waals surface area contributed by atoms with E-state index in [0.717, 1.165) is 4.88 Å². The molecule has 0 unspecified atom stereocenters. The number of thiazole rings is 2. The first-order chi connectivity index (χ1) is 5.86.